The number of nitrogens with one attached hydrogen (secondary N) is 1. The highest BCUT2D eigenvalue weighted by atomic mass is 32.2. The SMILES string of the molecule is O=C(O)C1CNc2ccc(F)cc2S1. The number of hydrogen-bond acceptors (Lipinski definition) is 3. The molecule has 0 spiro atoms. The van der Waals surface area contributed by atoms with Crippen LogP contribution in [0, 0.1) is 5.82 Å². The Balaban J connectivity index is 2.29. The third kappa shape index (κ3) is 1.68. The van der Waals surface area contributed by atoms with Crippen molar-refractivity contribution in [3.8, 4) is 0 Å². The van der Waals surface area contributed by atoms with Gasteiger partial charge in [-0.2, -0.15) is 0 Å². The highest BCUT2D eigenvalue weighted by Gasteiger charge is 2.24. The van der Waals surface area contributed by atoms with Gasteiger partial charge in [-0.1, -0.05) is 0 Å². The Bertz CT molecular complexity index is 383. The molecule has 0 saturated heterocycles. The van der Waals surface area contributed by atoms with Crippen LogP contribution in [-0.2, 0) is 4.79 Å². The molecule has 0 radical (unpaired) electrons. The van der Waals surface area contributed by atoms with Gasteiger partial charge in [-0.15, -0.1) is 11.8 Å². The fraction of sp³-hybridized carbons (Fsp3) is 0.222. The van der Waals surface area contributed by atoms with Crippen LogP contribution in [0.25, 0.3) is 0 Å². The van der Waals surface area contributed by atoms with Crippen LogP contribution in [0.5, 0.6) is 0 Å². The minimum absolute atomic E-state index is 0.343. The Kier molecular flexibility index (Phi) is 2.33. The number of halogens is 1. The fourth-order valence-electron chi connectivity index (χ4n) is 1.28. The number of aliphatic carboxylic acids is 1. The van der Waals surface area contributed by atoms with Crippen molar-refractivity contribution in [3.63, 3.8) is 0 Å². The van der Waals surface area contributed by atoms with Gasteiger partial charge in [0.15, 0.2) is 0 Å². The Morgan fingerprint density at radius 2 is 2.43 bits per heavy atom. The first-order valence-corrected chi connectivity index (χ1v) is 4.97. The summed E-state index contributed by atoms with van der Waals surface area (Å²) < 4.78 is 12.8. The number of fused-ring (bicyclic) bond motifs is 1. The van der Waals surface area contributed by atoms with E-state index in [0.717, 1.165) is 5.69 Å². The van der Waals surface area contributed by atoms with Crippen molar-refractivity contribution in [1.82, 2.24) is 0 Å². The van der Waals surface area contributed by atoms with Crippen molar-refractivity contribution in [2.24, 2.45) is 0 Å². The second-order valence-corrected chi connectivity index (χ2v) is 4.21. The van der Waals surface area contributed by atoms with Crippen LogP contribution in [0.15, 0.2) is 23.1 Å². The molecule has 2 N–H and O–H groups in total. The van der Waals surface area contributed by atoms with E-state index in [1.807, 2.05) is 0 Å². The molecule has 5 heteroatoms. The Morgan fingerprint density at radius 1 is 1.64 bits per heavy atom. The smallest absolute Gasteiger partial charge is 0.318 e. The summed E-state index contributed by atoms with van der Waals surface area (Å²) in [5, 5.41) is 11.2. The lowest BCUT2D eigenvalue weighted by Gasteiger charge is -2.22. The molecule has 1 heterocycles. The lowest BCUT2D eigenvalue weighted by Crippen LogP contribution is -2.28. The van der Waals surface area contributed by atoms with Gasteiger partial charge in [-0.05, 0) is 18.2 Å². The number of benzene rings is 1. The molecule has 1 aromatic carbocycles. The molecular weight excluding hydrogens is 205 g/mol. The molecule has 0 aromatic heterocycles. The van der Waals surface area contributed by atoms with Gasteiger partial charge >= 0.3 is 5.97 Å². The average molecular weight is 213 g/mol. The van der Waals surface area contributed by atoms with Gasteiger partial charge in [-0.25, -0.2) is 4.39 Å². The second-order valence-electron chi connectivity index (χ2n) is 2.97. The molecule has 0 saturated carbocycles. The first kappa shape index (κ1) is 9.33. The number of hydrogen-bond donors (Lipinski definition) is 2. The summed E-state index contributed by atoms with van der Waals surface area (Å²) in [7, 11) is 0. The maximum Gasteiger partial charge on any atom is 0.318 e. The maximum atomic E-state index is 12.8. The summed E-state index contributed by atoms with van der Waals surface area (Å²) in [6.07, 6.45) is 0. The number of carbonyl (C=O) groups is 1. The van der Waals surface area contributed by atoms with Crippen molar-refractivity contribution in [2.45, 2.75) is 10.1 Å². The van der Waals surface area contributed by atoms with E-state index in [2.05, 4.69) is 5.32 Å². The summed E-state index contributed by atoms with van der Waals surface area (Å²) in [5.41, 5.74) is 0.800. The molecule has 1 aliphatic rings. The van der Waals surface area contributed by atoms with Crippen LogP contribution >= 0.6 is 11.8 Å². The third-order valence-corrected chi connectivity index (χ3v) is 3.21. The van der Waals surface area contributed by atoms with Crippen molar-refractivity contribution in [3.05, 3.63) is 24.0 Å². The van der Waals surface area contributed by atoms with E-state index >= 15 is 0 Å². The number of rotatable bonds is 1. The molecule has 1 aliphatic heterocycles. The first-order chi connectivity index (χ1) is 6.66. The molecule has 1 unspecified atom stereocenters. The van der Waals surface area contributed by atoms with Gasteiger partial charge in [0, 0.05) is 17.1 Å². The van der Waals surface area contributed by atoms with Crippen LogP contribution in [0.3, 0.4) is 0 Å². The molecule has 1 aromatic rings. The minimum Gasteiger partial charge on any atom is -0.480 e. The van der Waals surface area contributed by atoms with Crippen LogP contribution in [0.4, 0.5) is 10.1 Å². The van der Waals surface area contributed by atoms with Gasteiger partial charge in [-0.3, -0.25) is 4.79 Å². The predicted molar refractivity (Wildman–Crippen MR) is 52.2 cm³/mol. The monoisotopic (exact) mass is 213 g/mol. The zero-order valence-electron chi connectivity index (χ0n) is 7.16. The number of carboxylic acids is 1. The summed E-state index contributed by atoms with van der Waals surface area (Å²) >= 11 is 1.18. The van der Waals surface area contributed by atoms with Crippen LogP contribution < -0.4 is 5.32 Å². The lowest BCUT2D eigenvalue weighted by atomic mass is 10.3. The van der Waals surface area contributed by atoms with E-state index in [4.69, 9.17) is 5.11 Å². The standard InChI is InChI=1S/C9H8FNO2S/c10-5-1-2-6-7(3-5)14-8(4-11-6)9(12)13/h1-3,8,11H,4H2,(H,12,13). The molecule has 14 heavy (non-hydrogen) atoms. The molecule has 0 aliphatic carbocycles. The minimum atomic E-state index is -0.877. The summed E-state index contributed by atoms with van der Waals surface area (Å²) in [5.74, 6) is -1.22. The number of carboxylic acid groups (broad SMARTS) is 1. The van der Waals surface area contributed by atoms with Gasteiger partial charge in [0.25, 0.3) is 0 Å². The highest BCUT2D eigenvalue weighted by Crippen LogP contribution is 2.35. The Hall–Kier alpha value is -1.23. The van der Waals surface area contributed by atoms with E-state index in [-0.39, 0.29) is 5.82 Å². The predicted octanol–water partition coefficient (Wildman–Crippen LogP) is 1.80. The quantitative estimate of drug-likeness (QED) is 0.746. The van der Waals surface area contributed by atoms with Crippen LogP contribution in [0.2, 0.25) is 0 Å². The molecular formula is C9H8FNO2S. The summed E-state index contributed by atoms with van der Waals surface area (Å²) in [6.45, 7) is 0.374. The van der Waals surface area contributed by atoms with Gasteiger partial charge in [0.2, 0.25) is 0 Å². The Morgan fingerprint density at radius 3 is 3.14 bits per heavy atom. The second kappa shape index (κ2) is 3.49. The average Bonchev–Trinajstić information content (AvgIpc) is 2.16. The van der Waals surface area contributed by atoms with Crippen molar-refractivity contribution in [2.75, 3.05) is 11.9 Å². The topological polar surface area (TPSA) is 49.3 Å². The molecule has 3 nitrogen and oxygen atoms in total. The van der Waals surface area contributed by atoms with Crippen molar-refractivity contribution in [1.29, 1.82) is 0 Å². The van der Waals surface area contributed by atoms with Crippen LogP contribution in [0.1, 0.15) is 0 Å². The lowest BCUT2D eigenvalue weighted by molar-refractivity contribution is -0.136. The molecule has 74 valence electrons. The number of thioether (sulfide) groups is 1. The normalized spacial score (nSPS) is 19.6. The highest BCUT2D eigenvalue weighted by molar-refractivity contribution is 8.00. The van der Waals surface area contributed by atoms with Gasteiger partial charge < -0.3 is 10.4 Å². The van der Waals surface area contributed by atoms with E-state index in [1.54, 1.807) is 6.07 Å². The summed E-state index contributed by atoms with van der Waals surface area (Å²) in [4.78, 5) is 11.4. The Labute approximate surface area is 84.3 Å². The number of anilines is 1. The third-order valence-electron chi connectivity index (χ3n) is 1.97. The molecule has 0 amide bonds. The van der Waals surface area contributed by atoms with Crippen LogP contribution in [-0.4, -0.2) is 22.9 Å². The van der Waals surface area contributed by atoms with Gasteiger partial charge in [0.1, 0.15) is 11.1 Å². The zero-order chi connectivity index (χ0) is 10.1. The van der Waals surface area contributed by atoms with Crippen molar-refractivity contribution < 1.29 is 14.3 Å². The largest absolute Gasteiger partial charge is 0.480 e. The fourth-order valence-corrected chi connectivity index (χ4v) is 2.30. The van der Waals surface area contributed by atoms with E-state index in [1.165, 1.54) is 23.9 Å². The molecule has 0 fully saturated rings. The summed E-state index contributed by atoms with van der Waals surface area (Å²) in [6, 6.07) is 4.32. The molecule has 0 bridgehead atoms. The van der Waals surface area contributed by atoms with E-state index in [9.17, 15) is 9.18 Å². The van der Waals surface area contributed by atoms with Crippen molar-refractivity contribution >= 4 is 23.4 Å². The molecule has 1 atom stereocenters. The maximum absolute atomic E-state index is 12.8. The van der Waals surface area contributed by atoms with Gasteiger partial charge in [0.05, 0.1) is 0 Å². The molecule has 2 rings (SSSR count). The van der Waals surface area contributed by atoms with E-state index < -0.39 is 11.2 Å². The zero-order valence-corrected chi connectivity index (χ0v) is 7.97. The first-order valence-electron chi connectivity index (χ1n) is 4.10. The van der Waals surface area contributed by atoms with E-state index in [0.29, 0.717) is 11.4 Å².